The van der Waals surface area contributed by atoms with Gasteiger partial charge in [-0.3, -0.25) is 4.79 Å². The van der Waals surface area contributed by atoms with Crippen LogP contribution >= 0.6 is 0 Å². The van der Waals surface area contributed by atoms with Gasteiger partial charge in [0.2, 0.25) is 0 Å². The highest BCUT2D eigenvalue weighted by Crippen LogP contribution is 2.09. The quantitative estimate of drug-likeness (QED) is 0.744. The Bertz CT molecular complexity index is 370. The first-order chi connectivity index (χ1) is 7.77. The minimum absolute atomic E-state index is 0.218. The SMILES string of the molecule is N#CCOC(=O)C(CN)Cc1ccccc1. The van der Waals surface area contributed by atoms with E-state index in [1.165, 1.54) is 0 Å². The third-order valence-corrected chi connectivity index (χ3v) is 2.22. The molecule has 4 heteroatoms. The van der Waals surface area contributed by atoms with E-state index in [4.69, 9.17) is 15.7 Å². The van der Waals surface area contributed by atoms with Crippen molar-refractivity contribution in [1.29, 1.82) is 5.26 Å². The number of rotatable bonds is 5. The van der Waals surface area contributed by atoms with E-state index in [9.17, 15) is 4.79 Å². The highest BCUT2D eigenvalue weighted by Gasteiger charge is 2.18. The molecule has 0 fully saturated rings. The number of nitrogens with two attached hydrogens (primary N) is 1. The number of carbonyl (C=O) groups excluding carboxylic acids is 1. The number of carbonyl (C=O) groups is 1. The molecule has 0 saturated heterocycles. The molecule has 0 radical (unpaired) electrons. The van der Waals surface area contributed by atoms with Gasteiger partial charge < -0.3 is 10.5 Å². The fourth-order valence-corrected chi connectivity index (χ4v) is 1.38. The van der Waals surface area contributed by atoms with Gasteiger partial charge in [0.15, 0.2) is 6.61 Å². The molecule has 4 nitrogen and oxygen atoms in total. The van der Waals surface area contributed by atoms with Crippen molar-refractivity contribution in [2.24, 2.45) is 11.7 Å². The highest BCUT2D eigenvalue weighted by molar-refractivity contribution is 5.73. The molecule has 0 heterocycles. The van der Waals surface area contributed by atoms with Gasteiger partial charge in [0.1, 0.15) is 6.07 Å². The third-order valence-electron chi connectivity index (χ3n) is 2.22. The molecule has 1 aromatic rings. The van der Waals surface area contributed by atoms with Crippen LogP contribution in [0.5, 0.6) is 0 Å². The maximum Gasteiger partial charge on any atom is 0.311 e. The van der Waals surface area contributed by atoms with Crippen molar-refractivity contribution in [3.63, 3.8) is 0 Å². The van der Waals surface area contributed by atoms with Crippen molar-refractivity contribution < 1.29 is 9.53 Å². The number of hydrogen-bond donors (Lipinski definition) is 1. The van der Waals surface area contributed by atoms with Crippen molar-refractivity contribution in [3.05, 3.63) is 35.9 Å². The van der Waals surface area contributed by atoms with Gasteiger partial charge in [0.25, 0.3) is 0 Å². The molecule has 1 rings (SSSR count). The van der Waals surface area contributed by atoms with Gasteiger partial charge in [-0.15, -0.1) is 0 Å². The molecule has 2 N–H and O–H groups in total. The summed E-state index contributed by atoms with van der Waals surface area (Å²) in [6.07, 6.45) is 0.543. The van der Waals surface area contributed by atoms with Crippen molar-refractivity contribution in [1.82, 2.24) is 0 Å². The molecule has 0 aliphatic heterocycles. The topological polar surface area (TPSA) is 76.1 Å². The maximum atomic E-state index is 11.5. The van der Waals surface area contributed by atoms with Crippen LogP contribution in [0.3, 0.4) is 0 Å². The van der Waals surface area contributed by atoms with Crippen LogP contribution in [0.1, 0.15) is 5.56 Å². The zero-order valence-corrected chi connectivity index (χ0v) is 8.93. The molecule has 1 unspecified atom stereocenters. The lowest BCUT2D eigenvalue weighted by atomic mass is 10.00. The average molecular weight is 218 g/mol. The van der Waals surface area contributed by atoms with Crippen LogP contribution in [-0.2, 0) is 16.0 Å². The van der Waals surface area contributed by atoms with Crippen molar-refractivity contribution >= 4 is 5.97 Å². The van der Waals surface area contributed by atoms with Crippen LogP contribution < -0.4 is 5.73 Å². The summed E-state index contributed by atoms with van der Waals surface area (Å²) in [4.78, 5) is 11.5. The summed E-state index contributed by atoms with van der Waals surface area (Å²) in [5.41, 5.74) is 6.54. The number of esters is 1. The van der Waals surface area contributed by atoms with Crippen LogP contribution in [0.2, 0.25) is 0 Å². The standard InChI is InChI=1S/C12H14N2O2/c13-6-7-16-12(15)11(9-14)8-10-4-2-1-3-5-10/h1-5,11H,7-9,14H2. The first-order valence-electron chi connectivity index (χ1n) is 5.05. The first kappa shape index (κ1) is 12.2. The molecule has 0 amide bonds. The maximum absolute atomic E-state index is 11.5. The Morgan fingerprint density at radius 3 is 2.69 bits per heavy atom. The Balaban J connectivity index is 2.56. The molecule has 0 saturated carbocycles. The zero-order valence-electron chi connectivity index (χ0n) is 8.93. The van der Waals surface area contributed by atoms with E-state index in [1.54, 1.807) is 6.07 Å². The predicted octanol–water partition coefficient (Wildman–Crippen LogP) is 0.871. The lowest BCUT2D eigenvalue weighted by Crippen LogP contribution is -2.27. The van der Waals surface area contributed by atoms with E-state index in [-0.39, 0.29) is 19.1 Å². The van der Waals surface area contributed by atoms with E-state index in [1.807, 2.05) is 30.3 Å². The average Bonchev–Trinajstić information content (AvgIpc) is 2.34. The van der Waals surface area contributed by atoms with Crippen molar-refractivity contribution in [2.75, 3.05) is 13.2 Å². The Hall–Kier alpha value is -1.86. The van der Waals surface area contributed by atoms with Gasteiger partial charge in [0.05, 0.1) is 5.92 Å². The largest absolute Gasteiger partial charge is 0.450 e. The molecule has 16 heavy (non-hydrogen) atoms. The molecule has 0 spiro atoms. The fourth-order valence-electron chi connectivity index (χ4n) is 1.38. The van der Waals surface area contributed by atoms with Crippen molar-refractivity contribution in [2.45, 2.75) is 6.42 Å². The van der Waals surface area contributed by atoms with E-state index >= 15 is 0 Å². The van der Waals surface area contributed by atoms with Crippen LogP contribution in [-0.4, -0.2) is 19.1 Å². The van der Waals surface area contributed by atoms with E-state index in [0.29, 0.717) is 6.42 Å². The number of hydrogen-bond acceptors (Lipinski definition) is 4. The second kappa shape index (κ2) is 6.59. The summed E-state index contributed by atoms with van der Waals surface area (Å²) in [5.74, 6) is -0.788. The molecular weight excluding hydrogens is 204 g/mol. The van der Waals surface area contributed by atoms with Crippen LogP contribution in [0.25, 0.3) is 0 Å². The molecule has 1 atom stereocenters. The predicted molar refractivity (Wildman–Crippen MR) is 59.3 cm³/mol. The Morgan fingerprint density at radius 2 is 2.12 bits per heavy atom. The lowest BCUT2D eigenvalue weighted by Gasteiger charge is -2.12. The lowest BCUT2D eigenvalue weighted by molar-refractivity contribution is -0.146. The highest BCUT2D eigenvalue weighted by atomic mass is 16.5. The summed E-state index contributed by atoms with van der Waals surface area (Å²) >= 11 is 0. The van der Waals surface area contributed by atoms with Gasteiger partial charge in [-0.05, 0) is 12.0 Å². The van der Waals surface area contributed by atoms with Crippen LogP contribution in [0, 0.1) is 17.2 Å². The Kier molecular flexibility index (Phi) is 5.03. The van der Waals surface area contributed by atoms with Crippen LogP contribution in [0.4, 0.5) is 0 Å². The summed E-state index contributed by atoms with van der Waals surface area (Å²) in [6.45, 7) is 0.00325. The second-order valence-corrected chi connectivity index (χ2v) is 3.39. The third kappa shape index (κ3) is 3.71. The number of nitriles is 1. The molecule has 0 aliphatic rings. The van der Waals surface area contributed by atoms with Gasteiger partial charge in [0, 0.05) is 6.54 Å². The van der Waals surface area contributed by atoms with Crippen LogP contribution in [0.15, 0.2) is 30.3 Å². The molecule has 0 bridgehead atoms. The number of ether oxygens (including phenoxy) is 1. The van der Waals surface area contributed by atoms with E-state index in [0.717, 1.165) is 5.56 Å². The first-order valence-corrected chi connectivity index (χ1v) is 5.05. The van der Waals surface area contributed by atoms with Crippen molar-refractivity contribution in [3.8, 4) is 6.07 Å². The molecule has 1 aromatic carbocycles. The molecular formula is C12H14N2O2. The van der Waals surface area contributed by atoms with Gasteiger partial charge in [-0.25, -0.2) is 0 Å². The Morgan fingerprint density at radius 1 is 1.44 bits per heavy atom. The fraction of sp³-hybridized carbons (Fsp3) is 0.333. The minimum Gasteiger partial charge on any atom is -0.450 e. The van der Waals surface area contributed by atoms with Gasteiger partial charge >= 0.3 is 5.97 Å². The van der Waals surface area contributed by atoms with Gasteiger partial charge in [-0.1, -0.05) is 30.3 Å². The van der Waals surface area contributed by atoms with E-state index in [2.05, 4.69) is 0 Å². The summed E-state index contributed by atoms with van der Waals surface area (Å²) in [6, 6.07) is 11.3. The van der Waals surface area contributed by atoms with E-state index < -0.39 is 5.97 Å². The molecule has 0 aromatic heterocycles. The summed E-state index contributed by atoms with van der Waals surface area (Å²) in [5, 5.41) is 8.30. The molecule has 0 aliphatic carbocycles. The minimum atomic E-state index is -0.409. The summed E-state index contributed by atoms with van der Waals surface area (Å²) < 4.78 is 4.74. The Labute approximate surface area is 94.6 Å². The molecule has 84 valence electrons. The number of nitrogens with zero attached hydrogens (tertiary/aromatic N) is 1. The summed E-state index contributed by atoms with van der Waals surface area (Å²) in [7, 11) is 0. The number of benzene rings is 1. The second-order valence-electron chi connectivity index (χ2n) is 3.39. The smallest absolute Gasteiger partial charge is 0.311 e. The monoisotopic (exact) mass is 218 g/mol. The zero-order chi connectivity index (χ0) is 11.8. The van der Waals surface area contributed by atoms with Gasteiger partial charge in [-0.2, -0.15) is 5.26 Å². The normalized spacial score (nSPS) is 11.5.